The standard InChI is InChI=1S/C25H31N5O5/c1-33-15-13-26-25(32)24(18-9-11-19(34-2)12-10-18)29(16-20-6-5-14-35-20)23(31)17-30-22-8-4-3-7-21(22)27-28-30/h3-4,7-12,20,24H,5-6,13-17H2,1-2H3,(H,26,32)/t20-,24+/m1/s1. The average Bonchev–Trinajstić information content (AvgIpc) is 3.54. The molecule has 35 heavy (non-hydrogen) atoms. The summed E-state index contributed by atoms with van der Waals surface area (Å²) in [6, 6.07) is 13.8. The van der Waals surface area contributed by atoms with Crippen LogP contribution in [0.3, 0.4) is 0 Å². The average molecular weight is 482 g/mol. The molecule has 0 radical (unpaired) electrons. The van der Waals surface area contributed by atoms with Crippen LogP contribution in [0.5, 0.6) is 5.75 Å². The second-order valence-electron chi connectivity index (χ2n) is 8.38. The first-order valence-corrected chi connectivity index (χ1v) is 11.7. The Bertz CT molecular complexity index is 1130. The molecule has 10 heteroatoms. The van der Waals surface area contributed by atoms with E-state index in [1.807, 2.05) is 24.3 Å². The van der Waals surface area contributed by atoms with Gasteiger partial charge in [0.1, 0.15) is 23.9 Å². The van der Waals surface area contributed by atoms with E-state index < -0.39 is 6.04 Å². The molecule has 1 saturated heterocycles. The van der Waals surface area contributed by atoms with Crippen molar-refractivity contribution in [2.45, 2.75) is 31.5 Å². The highest BCUT2D eigenvalue weighted by Crippen LogP contribution is 2.27. The van der Waals surface area contributed by atoms with Crippen LogP contribution >= 0.6 is 0 Å². The molecule has 0 aliphatic carbocycles. The van der Waals surface area contributed by atoms with E-state index in [4.69, 9.17) is 14.2 Å². The third-order valence-electron chi connectivity index (χ3n) is 6.05. The maximum atomic E-state index is 13.8. The first kappa shape index (κ1) is 24.6. The molecule has 1 aromatic heterocycles. The summed E-state index contributed by atoms with van der Waals surface area (Å²) in [6.07, 6.45) is 1.61. The van der Waals surface area contributed by atoms with Crippen LogP contribution in [0.4, 0.5) is 0 Å². The summed E-state index contributed by atoms with van der Waals surface area (Å²) in [7, 11) is 3.16. The van der Waals surface area contributed by atoms with Crippen molar-refractivity contribution in [3.05, 3.63) is 54.1 Å². The predicted molar refractivity (Wildman–Crippen MR) is 129 cm³/mol. The number of rotatable bonds is 11. The molecule has 4 rings (SSSR count). The van der Waals surface area contributed by atoms with Gasteiger partial charge in [-0.15, -0.1) is 5.10 Å². The van der Waals surface area contributed by atoms with Gasteiger partial charge >= 0.3 is 0 Å². The van der Waals surface area contributed by atoms with E-state index in [1.54, 1.807) is 48.1 Å². The van der Waals surface area contributed by atoms with Crippen LogP contribution in [0.15, 0.2) is 48.5 Å². The zero-order valence-corrected chi connectivity index (χ0v) is 20.1. The van der Waals surface area contributed by atoms with Crippen LogP contribution in [0, 0.1) is 0 Å². The summed E-state index contributed by atoms with van der Waals surface area (Å²) < 4.78 is 17.8. The number of carbonyl (C=O) groups is 2. The Morgan fingerprint density at radius 3 is 2.71 bits per heavy atom. The van der Waals surface area contributed by atoms with Crippen molar-refractivity contribution in [3.63, 3.8) is 0 Å². The van der Waals surface area contributed by atoms with Gasteiger partial charge in [-0.1, -0.05) is 29.5 Å². The molecule has 186 valence electrons. The first-order chi connectivity index (χ1) is 17.1. The molecule has 0 saturated carbocycles. The minimum absolute atomic E-state index is 0.0504. The molecule has 1 aliphatic rings. The summed E-state index contributed by atoms with van der Waals surface area (Å²) in [5.41, 5.74) is 2.13. The predicted octanol–water partition coefficient (Wildman–Crippen LogP) is 1.95. The van der Waals surface area contributed by atoms with Gasteiger partial charge in [-0.3, -0.25) is 9.59 Å². The van der Waals surface area contributed by atoms with Gasteiger partial charge < -0.3 is 24.4 Å². The van der Waals surface area contributed by atoms with Crippen LogP contribution in [0.2, 0.25) is 0 Å². The van der Waals surface area contributed by atoms with Crippen LogP contribution in [-0.4, -0.2) is 78.3 Å². The highest BCUT2D eigenvalue weighted by Gasteiger charge is 2.34. The maximum absolute atomic E-state index is 13.8. The topological polar surface area (TPSA) is 108 Å². The highest BCUT2D eigenvalue weighted by molar-refractivity contribution is 5.89. The number of nitrogens with one attached hydrogen (secondary N) is 1. The van der Waals surface area contributed by atoms with Crippen molar-refractivity contribution in [1.82, 2.24) is 25.2 Å². The number of fused-ring (bicyclic) bond motifs is 1. The van der Waals surface area contributed by atoms with Crippen molar-refractivity contribution in [3.8, 4) is 5.75 Å². The lowest BCUT2D eigenvalue weighted by atomic mass is 10.0. The molecule has 1 aliphatic heterocycles. The Labute approximate surface area is 204 Å². The minimum atomic E-state index is -0.857. The van der Waals surface area contributed by atoms with E-state index in [9.17, 15) is 9.59 Å². The zero-order valence-electron chi connectivity index (χ0n) is 20.1. The summed E-state index contributed by atoms with van der Waals surface area (Å²) in [4.78, 5) is 28.8. The highest BCUT2D eigenvalue weighted by atomic mass is 16.5. The van der Waals surface area contributed by atoms with Crippen molar-refractivity contribution in [2.75, 3.05) is 40.5 Å². The number of amides is 2. The Balaban J connectivity index is 1.66. The fraction of sp³-hybridized carbons (Fsp3) is 0.440. The Hall–Kier alpha value is -3.50. The lowest BCUT2D eigenvalue weighted by molar-refractivity contribution is -0.143. The van der Waals surface area contributed by atoms with Crippen LogP contribution in [-0.2, 0) is 25.6 Å². The van der Waals surface area contributed by atoms with Crippen LogP contribution in [0.25, 0.3) is 11.0 Å². The Morgan fingerprint density at radius 2 is 2.00 bits per heavy atom. The third kappa shape index (κ3) is 5.95. The zero-order chi connectivity index (χ0) is 24.6. The minimum Gasteiger partial charge on any atom is -0.497 e. The van der Waals surface area contributed by atoms with E-state index in [-0.39, 0.29) is 24.5 Å². The third-order valence-corrected chi connectivity index (χ3v) is 6.05. The van der Waals surface area contributed by atoms with Crippen molar-refractivity contribution >= 4 is 22.8 Å². The first-order valence-electron chi connectivity index (χ1n) is 11.7. The smallest absolute Gasteiger partial charge is 0.247 e. The van der Waals surface area contributed by atoms with Gasteiger partial charge in [-0.25, -0.2) is 4.68 Å². The van der Waals surface area contributed by atoms with Gasteiger partial charge in [0.25, 0.3) is 0 Å². The molecule has 0 bridgehead atoms. The lowest BCUT2D eigenvalue weighted by Crippen LogP contribution is -2.48. The molecular formula is C25H31N5O5. The lowest BCUT2D eigenvalue weighted by Gasteiger charge is -2.33. The van der Waals surface area contributed by atoms with Crippen molar-refractivity contribution < 1.29 is 23.8 Å². The fourth-order valence-corrected chi connectivity index (χ4v) is 4.24. The number of carbonyl (C=O) groups excluding carboxylic acids is 2. The van der Waals surface area contributed by atoms with E-state index in [2.05, 4.69) is 15.6 Å². The van der Waals surface area contributed by atoms with E-state index in [0.29, 0.717) is 43.1 Å². The van der Waals surface area contributed by atoms with E-state index >= 15 is 0 Å². The van der Waals surface area contributed by atoms with Gasteiger partial charge in [0.15, 0.2) is 0 Å². The largest absolute Gasteiger partial charge is 0.497 e. The number of aromatic nitrogens is 3. The van der Waals surface area contributed by atoms with Crippen LogP contribution < -0.4 is 10.1 Å². The number of nitrogens with zero attached hydrogens (tertiary/aromatic N) is 4. The molecule has 0 unspecified atom stereocenters. The van der Waals surface area contributed by atoms with Crippen molar-refractivity contribution in [1.29, 1.82) is 0 Å². The van der Waals surface area contributed by atoms with Gasteiger partial charge in [0.05, 0.1) is 25.3 Å². The number of ether oxygens (including phenoxy) is 3. The quantitative estimate of drug-likeness (QED) is 0.417. The Kier molecular flexibility index (Phi) is 8.27. The van der Waals surface area contributed by atoms with E-state index in [0.717, 1.165) is 18.4 Å². The fourth-order valence-electron chi connectivity index (χ4n) is 4.24. The molecule has 0 spiro atoms. The molecule has 2 heterocycles. The Morgan fingerprint density at radius 1 is 1.20 bits per heavy atom. The number of methoxy groups -OCH3 is 2. The maximum Gasteiger partial charge on any atom is 0.247 e. The van der Waals surface area contributed by atoms with Crippen molar-refractivity contribution in [2.24, 2.45) is 0 Å². The van der Waals surface area contributed by atoms with Crippen LogP contribution in [0.1, 0.15) is 24.4 Å². The molecule has 2 amide bonds. The summed E-state index contributed by atoms with van der Waals surface area (Å²) >= 11 is 0. The normalized spacial score (nSPS) is 16.2. The molecule has 3 aromatic rings. The van der Waals surface area contributed by atoms with Gasteiger partial charge in [-0.05, 0) is 42.7 Å². The molecule has 2 atom stereocenters. The second-order valence-corrected chi connectivity index (χ2v) is 8.38. The summed E-state index contributed by atoms with van der Waals surface area (Å²) in [5.74, 6) is 0.124. The van der Waals surface area contributed by atoms with Gasteiger partial charge in [0, 0.05) is 26.8 Å². The molecule has 1 fully saturated rings. The molecule has 2 aromatic carbocycles. The number of hydrogen-bond donors (Lipinski definition) is 1. The number of para-hydroxylation sites is 1. The number of hydrogen-bond acceptors (Lipinski definition) is 7. The number of benzene rings is 2. The van der Waals surface area contributed by atoms with E-state index in [1.165, 1.54) is 0 Å². The SMILES string of the molecule is COCCNC(=O)[C@H](c1ccc(OC)cc1)N(C[C@H]1CCCO1)C(=O)Cn1nnc2ccccc21. The molecule has 10 nitrogen and oxygen atoms in total. The van der Waals surface area contributed by atoms with Gasteiger partial charge in [-0.2, -0.15) is 0 Å². The summed E-state index contributed by atoms with van der Waals surface area (Å²) in [5, 5.41) is 11.2. The summed E-state index contributed by atoms with van der Waals surface area (Å²) in [6.45, 7) is 1.59. The van der Waals surface area contributed by atoms with Gasteiger partial charge in [0.2, 0.25) is 11.8 Å². The molecule has 1 N–H and O–H groups in total. The second kappa shape index (κ2) is 11.8. The molecular weight excluding hydrogens is 450 g/mol. The monoisotopic (exact) mass is 481 g/mol.